The Hall–Kier alpha value is -2.34. The molecule has 1 heterocycles. The summed E-state index contributed by atoms with van der Waals surface area (Å²) in [6.45, 7) is 0.00844. The predicted molar refractivity (Wildman–Crippen MR) is 73.4 cm³/mol. The summed E-state index contributed by atoms with van der Waals surface area (Å²) in [4.78, 5) is 22.8. The summed E-state index contributed by atoms with van der Waals surface area (Å²) in [5, 5.41) is 12.4. The van der Waals surface area contributed by atoms with Gasteiger partial charge in [0.25, 0.3) is 0 Å². The Bertz CT molecular complexity index is 620. The third-order valence-corrected chi connectivity index (χ3v) is 2.96. The van der Waals surface area contributed by atoms with Gasteiger partial charge in [0, 0.05) is 18.8 Å². The molecule has 2 aromatic rings. The molecule has 0 aliphatic carbocycles. The predicted octanol–water partition coefficient (Wildman–Crippen LogP) is 0.857. The molecule has 0 saturated carbocycles. The number of ether oxygens (including phenoxy) is 1. The number of methoxy groups -OCH3 is 1. The maximum absolute atomic E-state index is 11.9. The van der Waals surface area contributed by atoms with E-state index < -0.39 is 12.0 Å². The number of amides is 1. The zero-order valence-corrected chi connectivity index (χ0v) is 11.1. The zero-order valence-electron chi connectivity index (χ0n) is 11.1. The molecule has 0 aliphatic heterocycles. The number of benzene rings is 1. The van der Waals surface area contributed by atoms with Crippen LogP contribution in [0.5, 0.6) is 0 Å². The number of carboxylic acid groups (broad SMARTS) is 1. The number of para-hydroxylation sites is 1. The van der Waals surface area contributed by atoms with Gasteiger partial charge < -0.3 is 19.7 Å². The third-order valence-electron chi connectivity index (χ3n) is 2.96. The minimum atomic E-state index is -1.11. The van der Waals surface area contributed by atoms with Crippen LogP contribution < -0.4 is 5.32 Å². The molecule has 2 N–H and O–H groups in total. The van der Waals surface area contributed by atoms with Gasteiger partial charge in [-0.05, 0) is 17.5 Å². The monoisotopic (exact) mass is 276 g/mol. The Morgan fingerprint density at radius 1 is 1.35 bits per heavy atom. The van der Waals surface area contributed by atoms with Gasteiger partial charge in [-0.15, -0.1) is 0 Å². The largest absolute Gasteiger partial charge is 0.480 e. The highest BCUT2D eigenvalue weighted by Crippen LogP contribution is 2.14. The number of rotatable bonds is 6. The van der Waals surface area contributed by atoms with E-state index in [9.17, 15) is 9.59 Å². The van der Waals surface area contributed by atoms with E-state index in [-0.39, 0.29) is 19.1 Å². The van der Waals surface area contributed by atoms with Gasteiger partial charge in [0.05, 0.1) is 6.61 Å². The van der Waals surface area contributed by atoms with E-state index in [1.165, 1.54) is 7.11 Å². The Balaban J connectivity index is 2.06. The topological polar surface area (TPSA) is 80.6 Å². The summed E-state index contributed by atoms with van der Waals surface area (Å²) in [5.41, 5.74) is 0.932. The van der Waals surface area contributed by atoms with E-state index in [1.807, 2.05) is 30.3 Å². The average Bonchev–Trinajstić information content (AvgIpc) is 2.81. The quantitative estimate of drug-likeness (QED) is 0.820. The van der Waals surface area contributed by atoms with Crippen LogP contribution in [-0.4, -0.2) is 41.3 Å². The van der Waals surface area contributed by atoms with Crippen molar-refractivity contribution in [3.8, 4) is 0 Å². The third kappa shape index (κ3) is 3.16. The smallest absolute Gasteiger partial charge is 0.328 e. The molecule has 0 spiro atoms. The van der Waals surface area contributed by atoms with E-state index in [4.69, 9.17) is 9.84 Å². The molecule has 0 fully saturated rings. The van der Waals surface area contributed by atoms with Gasteiger partial charge in [-0.2, -0.15) is 0 Å². The van der Waals surface area contributed by atoms with Crippen LogP contribution in [0.2, 0.25) is 0 Å². The number of carbonyl (C=O) groups excluding carboxylic acids is 1. The van der Waals surface area contributed by atoms with Crippen molar-refractivity contribution in [1.82, 2.24) is 9.88 Å². The molecule has 1 amide bonds. The van der Waals surface area contributed by atoms with Crippen molar-refractivity contribution in [2.45, 2.75) is 12.6 Å². The normalized spacial score (nSPS) is 12.2. The molecule has 1 unspecified atom stereocenters. The molecule has 20 heavy (non-hydrogen) atoms. The lowest BCUT2D eigenvalue weighted by Crippen LogP contribution is -2.45. The van der Waals surface area contributed by atoms with E-state index in [1.54, 1.807) is 10.8 Å². The van der Waals surface area contributed by atoms with Crippen LogP contribution in [0.1, 0.15) is 0 Å². The lowest BCUT2D eigenvalue weighted by Gasteiger charge is -2.14. The average molecular weight is 276 g/mol. The second-order valence-corrected chi connectivity index (χ2v) is 4.42. The molecule has 0 aliphatic rings. The molecule has 106 valence electrons. The zero-order chi connectivity index (χ0) is 14.5. The second kappa shape index (κ2) is 6.21. The molecule has 0 saturated heterocycles. The van der Waals surface area contributed by atoms with Gasteiger partial charge in [0.1, 0.15) is 6.54 Å². The maximum atomic E-state index is 11.9. The van der Waals surface area contributed by atoms with Crippen molar-refractivity contribution in [3.63, 3.8) is 0 Å². The fraction of sp³-hybridized carbons (Fsp3) is 0.286. The Labute approximate surface area is 116 Å². The van der Waals surface area contributed by atoms with E-state index in [0.717, 1.165) is 10.9 Å². The molecular weight excluding hydrogens is 260 g/mol. The SMILES string of the molecule is COCC(NC(=O)Cn1ccc2ccccc21)C(=O)O. The van der Waals surface area contributed by atoms with Crippen molar-refractivity contribution >= 4 is 22.8 Å². The number of nitrogens with zero attached hydrogens (tertiary/aromatic N) is 1. The van der Waals surface area contributed by atoms with Gasteiger partial charge in [-0.3, -0.25) is 4.79 Å². The molecule has 0 radical (unpaired) electrons. The lowest BCUT2D eigenvalue weighted by molar-refractivity contribution is -0.143. The number of aromatic nitrogens is 1. The lowest BCUT2D eigenvalue weighted by atomic mass is 10.2. The Morgan fingerprint density at radius 2 is 2.10 bits per heavy atom. The van der Waals surface area contributed by atoms with Gasteiger partial charge >= 0.3 is 5.97 Å². The van der Waals surface area contributed by atoms with Crippen LogP contribution in [0.3, 0.4) is 0 Å². The fourth-order valence-electron chi connectivity index (χ4n) is 2.01. The van der Waals surface area contributed by atoms with Gasteiger partial charge in [-0.25, -0.2) is 4.79 Å². The van der Waals surface area contributed by atoms with Crippen molar-refractivity contribution in [2.75, 3.05) is 13.7 Å². The van der Waals surface area contributed by atoms with E-state index in [0.29, 0.717) is 0 Å². The number of carboxylic acids is 1. The van der Waals surface area contributed by atoms with Gasteiger partial charge in [-0.1, -0.05) is 18.2 Å². The minimum absolute atomic E-state index is 0.0620. The molecule has 2 rings (SSSR count). The summed E-state index contributed by atoms with van der Waals surface area (Å²) in [6, 6.07) is 8.55. The van der Waals surface area contributed by atoms with E-state index in [2.05, 4.69) is 5.32 Å². The van der Waals surface area contributed by atoms with Crippen LogP contribution in [0, 0.1) is 0 Å². The first-order chi connectivity index (χ1) is 9.61. The standard InChI is InChI=1S/C14H16N2O4/c1-20-9-11(14(18)19)15-13(17)8-16-7-6-10-4-2-3-5-12(10)16/h2-7,11H,8-9H2,1H3,(H,15,17)(H,18,19). The molecule has 6 nitrogen and oxygen atoms in total. The van der Waals surface area contributed by atoms with Gasteiger partial charge in [0.15, 0.2) is 6.04 Å². The maximum Gasteiger partial charge on any atom is 0.328 e. The molecule has 6 heteroatoms. The summed E-state index contributed by atoms with van der Waals surface area (Å²) in [7, 11) is 1.39. The second-order valence-electron chi connectivity index (χ2n) is 4.42. The molecule has 1 atom stereocenters. The Kier molecular flexibility index (Phi) is 4.37. The Morgan fingerprint density at radius 3 is 2.80 bits per heavy atom. The summed E-state index contributed by atoms with van der Waals surface area (Å²) in [6.07, 6.45) is 1.80. The first-order valence-corrected chi connectivity index (χ1v) is 6.17. The van der Waals surface area contributed by atoms with Crippen LogP contribution >= 0.6 is 0 Å². The van der Waals surface area contributed by atoms with Crippen molar-refractivity contribution in [1.29, 1.82) is 0 Å². The van der Waals surface area contributed by atoms with E-state index >= 15 is 0 Å². The highest BCUT2D eigenvalue weighted by molar-refractivity contribution is 5.86. The summed E-state index contributed by atoms with van der Waals surface area (Å²) >= 11 is 0. The van der Waals surface area contributed by atoms with Crippen molar-refractivity contribution in [2.24, 2.45) is 0 Å². The first kappa shape index (κ1) is 14.1. The molecular formula is C14H16N2O4. The highest BCUT2D eigenvalue weighted by Gasteiger charge is 2.19. The van der Waals surface area contributed by atoms with Crippen LogP contribution in [0.25, 0.3) is 10.9 Å². The number of fused-ring (bicyclic) bond motifs is 1. The molecule has 1 aromatic carbocycles. The number of nitrogens with one attached hydrogen (secondary N) is 1. The molecule has 0 bridgehead atoms. The van der Waals surface area contributed by atoms with Crippen LogP contribution in [0.15, 0.2) is 36.5 Å². The number of carbonyl (C=O) groups is 2. The fourth-order valence-corrected chi connectivity index (χ4v) is 2.01. The van der Waals surface area contributed by atoms with Crippen molar-refractivity contribution < 1.29 is 19.4 Å². The first-order valence-electron chi connectivity index (χ1n) is 6.17. The van der Waals surface area contributed by atoms with Crippen LogP contribution in [0.4, 0.5) is 0 Å². The number of hydrogen-bond acceptors (Lipinski definition) is 3. The van der Waals surface area contributed by atoms with Gasteiger partial charge in [0.2, 0.25) is 5.91 Å². The minimum Gasteiger partial charge on any atom is -0.480 e. The van der Waals surface area contributed by atoms with Crippen LogP contribution in [-0.2, 0) is 20.9 Å². The highest BCUT2D eigenvalue weighted by atomic mass is 16.5. The molecule has 1 aromatic heterocycles. The van der Waals surface area contributed by atoms with Crippen molar-refractivity contribution in [3.05, 3.63) is 36.5 Å². The number of hydrogen-bond donors (Lipinski definition) is 2. The number of aliphatic carboxylic acids is 1. The summed E-state index contributed by atoms with van der Waals surface area (Å²) < 4.78 is 6.54. The summed E-state index contributed by atoms with van der Waals surface area (Å²) in [5.74, 6) is -1.48.